The van der Waals surface area contributed by atoms with Crippen LogP contribution in [0.3, 0.4) is 0 Å². The minimum Gasteiger partial charge on any atom is -0.114 e. The van der Waals surface area contributed by atoms with Crippen LogP contribution >= 0.6 is 72.4 Å². The molecule has 6 aromatic rings. The Balaban J connectivity index is -0.000000464. The van der Waals surface area contributed by atoms with Gasteiger partial charge in [0, 0.05) is 40.8 Å². The van der Waals surface area contributed by atoms with Crippen molar-refractivity contribution >= 4 is 104 Å². The summed E-state index contributed by atoms with van der Waals surface area (Å²) in [6.45, 7) is 0. The Bertz CT molecular complexity index is 1110. The molecule has 0 saturated heterocycles. The molecule has 0 radical (unpaired) electrons. The molecule has 6 rings (SSSR count). The molecule has 45 heavy (non-hydrogen) atoms. The summed E-state index contributed by atoms with van der Waals surface area (Å²) in [5, 5.41) is 7.43. The Morgan fingerprint density at radius 3 is 0.333 bits per heavy atom. The van der Waals surface area contributed by atoms with Crippen molar-refractivity contribution in [3.05, 3.63) is 182 Å². The average molecular weight is 954 g/mol. The summed E-state index contributed by atoms with van der Waals surface area (Å²) in [6.07, 6.45) is 0. The molecule has 0 amide bonds. The van der Waals surface area contributed by atoms with E-state index in [-0.39, 0.29) is 57.8 Å². The number of rotatable bonds is 0. The van der Waals surface area contributed by atoms with Gasteiger partial charge in [-0.3, -0.25) is 0 Å². The van der Waals surface area contributed by atoms with Gasteiger partial charge < -0.3 is 0 Å². The molecule has 0 aliphatic heterocycles. The van der Waals surface area contributed by atoms with Crippen LogP contribution in [-0.4, -0.2) is 0 Å². The van der Waals surface area contributed by atoms with Gasteiger partial charge in [0.1, 0.15) is 0 Å². The summed E-state index contributed by atoms with van der Waals surface area (Å²) in [7, 11) is 15.8. The number of hydrogen-bond donors (Lipinski definition) is 0. The normalized spacial score (nSPS) is 8.13. The summed E-state index contributed by atoms with van der Waals surface area (Å²) in [5.74, 6) is 0. The summed E-state index contributed by atoms with van der Waals surface area (Å²) in [5.41, 5.74) is 0. The Hall–Kier alpha value is -0.295. The maximum Gasteiger partial charge on any atom is 0 e. The van der Waals surface area contributed by atoms with Crippen LogP contribution in [0, 0.1) is 0 Å². The molecule has 0 nitrogen and oxygen atoms in total. The van der Waals surface area contributed by atoms with Crippen molar-refractivity contribution in [1.29, 1.82) is 0 Å². The van der Waals surface area contributed by atoms with Crippen LogP contribution in [0.15, 0.2) is 182 Å². The second-order valence-electron chi connectivity index (χ2n) is 8.46. The van der Waals surface area contributed by atoms with Gasteiger partial charge in [-0.15, -0.1) is 72.4 Å². The SMILES string of the molecule is Br.Pc1ccccc1.Pc1ccccc1.Pc1ccccc1.Pc1ccccc1.Pc1ccccc1.Pc1ccccc1.[Pd].[Pd]. The molecule has 244 valence electrons. The largest absolute Gasteiger partial charge is 0.114 e. The van der Waals surface area contributed by atoms with E-state index in [1.54, 1.807) is 0 Å². The molecule has 0 aliphatic carbocycles. The summed E-state index contributed by atoms with van der Waals surface area (Å²) >= 11 is 0. The first-order chi connectivity index (χ1) is 20.4. The van der Waals surface area contributed by atoms with E-state index in [4.69, 9.17) is 0 Å². The van der Waals surface area contributed by atoms with Gasteiger partial charge in [-0.25, -0.2) is 0 Å². The van der Waals surface area contributed by atoms with Crippen LogP contribution in [0.5, 0.6) is 0 Å². The molecule has 9 heteroatoms. The second-order valence-corrected chi connectivity index (χ2v) is 12.5. The van der Waals surface area contributed by atoms with Crippen molar-refractivity contribution < 1.29 is 40.8 Å². The predicted octanol–water partition coefficient (Wildman–Crippen LogP) is 7.69. The molecule has 6 aromatic carbocycles. The van der Waals surface area contributed by atoms with Crippen molar-refractivity contribution in [2.45, 2.75) is 0 Å². The van der Waals surface area contributed by atoms with Gasteiger partial charge >= 0.3 is 0 Å². The van der Waals surface area contributed by atoms with Crippen molar-refractivity contribution in [3.63, 3.8) is 0 Å². The minimum absolute atomic E-state index is 0. The molecule has 6 atom stereocenters. The first-order valence-electron chi connectivity index (χ1n) is 13.2. The Kier molecular flexibility index (Phi) is 38.2. The van der Waals surface area contributed by atoms with Gasteiger partial charge in [-0.2, -0.15) is 0 Å². The first-order valence-corrected chi connectivity index (χ1v) is 16.7. The third kappa shape index (κ3) is 33.4. The molecule has 0 fully saturated rings. The van der Waals surface area contributed by atoms with Crippen molar-refractivity contribution in [2.24, 2.45) is 0 Å². The van der Waals surface area contributed by atoms with E-state index in [0.717, 1.165) is 0 Å². The monoisotopic (exact) mass is 952 g/mol. The molecular weight excluding hydrogens is 911 g/mol. The fraction of sp³-hybridized carbons (Fsp3) is 0. The van der Waals surface area contributed by atoms with E-state index in [1.807, 2.05) is 182 Å². The molecule has 0 spiro atoms. The smallest absolute Gasteiger partial charge is 0 e. The zero-order valence-corrected chi connectivity index (χ0v) is 36.6. The third-order valence-electron chi connectivity index (χ3n) is 4.80. The molecular formula is C36H43BrP6Pd2. The molecule has 0 N–H and O–H groups in total. The number of benzene rings is 6. The zero-order chi connectivity index (χ0) is 30.7. The van der Waals surface area contributed by atoms with Crippen LogP contribution in [0.25, 0.3) is 0 Å². The summed E-state index contributed by atoms with van der Waals surface area (Å²) in [4.78, 5) is 0. The zero-order valence-electron chi connectivity index (χ0n) is 24.8. The molecule has 0 aliphatic rings. The molecule has 0 saturated carbocycles. The number of hydrogen-bond acceptors (Lipinski definition) is 0. The van der Waals surface area contributed by atoms with Gasteiger partial charge in [0.2, 0.25) is 0 Å². The van der Waals surface area contributed by atoms with Crippen molar-refractivity contribution in [3.8, 4) is 0 Å². The number of halogens is 1. The van der Waals surface area contributed by atoms with Crippen LogP contribution in [-0.2, 0) is 40.8 Å². The van der Waals surface area contributed by atoms with E-state index < -0.39 is 0 Å². The summed E-state index contributed by atoms with van der Waals surface area (Å²) < 4.78 is 0. The standard InChI is InChI=1S/6C6H7P.BrH.2Pd/c6*7-6-4-2-1-3-5-6;;;/h6*1-5H,7H2;1H;;. The quantitative estimate of drug-likeness (QED) is 0.108. The van der Waals surface area contributed by atoms with Crippen LogP contribution in [0.4, 0.5) is 0 Å². The Morgan fingerprint density at radius 1 is 0.200 bits per heavy atom. The fourth-order valence-corrected chi connectivity index (χ4v) is 4.05. The predicted molar refractivity (Wildman–Crippen MR) is 225 cm³/mol. The maximum atomic E-state index is 2.63. The molecule has 6 unspecified atom stereocenters. The van der Waals surface area contributed by atoms with Crippen LogP contribution in [0.1, 0.15) is 0 Å². The molecule has 0 aromatic heterocycles. The van der Waals surface area contributed by atoms with E-state index in [9.17, 15) is 0 Å². The minimum atomic E-state index is 0. The van der Waals surface area contributed by atoms with E-state index in [0.29, 0.717) is 0 Å². The van der Waals surface area contributed by atoms with Gasteiger partial charge in [-0.05, 0) is 31.8 Å². The molecule has 0 heterocycles. The Morgan fingerprint density at radius 2 is 0.289 bits per heavy atom. The van der Waals surface area contributed by atoms with Crippen LogP contribution < -0.4 is 31.8 Å². The second kappa shape index (κ2) is 35.0. The van der Waals surface area contributed by atoms with Crippen LogP contribution in [0.2, 0.25) is 0 Å². The van der Waals surface area contributed by atoms with Crippen molar-refractivity contribution in [1.82, 2.24) is 0 Å². The van der Waals surface area contributed by atoms with E-state index >= 15 is 0 Å². The van der Waals surface area contributed by atoms with E-state index in [2.05, 4.69) is 55.4 Å². The third-order valence-corrected chi connectivity index (χ3v) is 7.11. The van der Waals surface area contributed by atoms with Crippen molar-refractivity contribution in [2.75, 3.05) is 0 Å². The van der Waals surface area contributed by atoms with Gasteiger partial charge in [0.15, 0.2) is 0 Å². The fourth-order valence-electron chi connectivity index (χ4n) is 2.72. The topological polar surface area (TPSA) is 0 Å². The first kappa shape index (κ1) is 49.1. The van der Waals surface area contributed by atoms with E-state index in [1.165, 1.54) is 31.8 Å². The molecule has 0 bridgehead atoms. The maximum absolute atomic E-state index is 2.63. The average Bonchev–Trinajstić information content (AvgIpc) is 3.01. The summed E-state index contributed by atoms with van der Waals surface area (Å²) in [6, 6.07) is 60.8. The van der Waals surface area contributed by atoms with Gasteiger partial charge in [0.05, 0.1) is 0 Å². The Labute approximate surface area is 324 Å². The van der Waals surface area contributed by atoms with Gasteiger partial charge in [-0.1, -0.05) is 182 Å². The van der Waals surface area contributed by atoms with Gasteiger partial charge in [0.25, 0.3) is 0 Å².